The van der Waals surface area contributed by atoms with Crippen molar-refractivity contribution in [2.45, 2.75) is 19.9 Å². The smallest absolute Gasteiger partial charge is 0.0454 e. The van der Waals surface area contributed by atoms with Gasteiger partial charge in [-0.1, -0.05) is 41.9 Å². The van der Waals surface area contributed by atoms with Crippen molar-refractivity contribution in [3.8, 4) is 11.1 Å². The molecule has 2 rings (SSSR count). The summed E-state index contributed by atoms with van der Waals surface area (Å²) < 4.78 is 0. The number of hydrogen-bond acceptors (Lipinski definition) is 1. The summed E-state index contributed by atoms with van der Waals surface area (Å²) in [6.07, 6.45) is 0. The zero-order chi connectivity index (χ0) is 12.4. The molecule has 1 nitrogen and oxygen atoms in total. The summed E-state index contributed by atoms with van der Waals surface area (Å²) in [5.41, 5.74) is 10.6. The summed E-state index contributed by atoms with van der Waals surface area (Å²) in [5.74, 6) is 0. The van der Waals surface area contributed by atoms with Gasteiger partial charge in [-0.3, -0.25) is 0 Å². The first kappa shape index (κ1) is 12.2. The Morgan fingerprint density at radius 2 is 1.82 bits per heavy atom. The lowest BCUT2D eigenvalue weighted by Crippen LogP contribution is -2.05. The third-order valence-corrected chi connectivity index (χ3v) is 3.29. The molecule has 2 aromatic carbocycles. The predicted octanol–water partition coefficient (Wildman–Crippen LogP) is 4.34. The van der Waals surface area contributed by atoms with E-state index in [0.717, 1.165) is 10.6 Å². The first-order valence-corrected chi connectivity index (χ1v) is 6.08. The number of hydrogen-bond donors (Lipinski definition) is 1. The van der Waals surface area contributed by atoms with E-state index in [1.165, 1.54) is 16.7 Å². The van der Waals surface area contributed by atoms with E-state index < -0.39 is 0 Å². The van der Waals surface area contributed by atoms with Crippen molar-refractivity contribution in [1.82, 2.24) is 0 Å². The Morgan fingerprint density at radius 1 is 1.12 bits per heavy atom. The maximum atomic E-state index is 6.14. The van der Waals surface area contributed by atoms with E-state index in [1.54, 1.807) is 0 Å². The molecule has 2 aromatic rings. The molecule has 0 saturated heterocycles. The normalized spacial score (nSPS) is 12.5. The second-order valence-electron chi connectivity index (χ2n) is 4.34. The summed E-state index contributed by atoms with van der Waals surface area (Å²) >= 11 is 6.14. The molecular weight excluding hydrogens is 230 g/mol. The van der Waals surface area contributed by atoms with Crippen molar-refractivity contribution >= 4 is 11.6 Å². The van der Waals surface area contributed by atoms with Gasteiger partial charge in [0.1, 0.15) is 0 Å². The quantitative estimate of drug-likeness (QED) is 0.837. The largest absolute Gasteiger partial charge is 0.324 e. The summed E-state index contributed by atoms with van der Waals surface area (Å²) in [7, 11) is 0. The standard InChI is InChI=1S/C15H16ClN/c1-10-5-3-4-6-13(10)12-7-8-15(16)14(9-12)11(2)17/h3-9,11H,17H2,1-2H3. The summed E-state index contributed by atoms with van der Waals surface area (Å²) in [4.78, 5) is 0. The number of halogens is 1. The predicted molar refractivity (Wildman–Crippen MR) is 74.2 cm³/mol. The minimum absolute atomic E-state index is 0.0496. The van der Waals surface area contributed by atoms with Gasteiger partial charge in [0.2, 0.25) is 0 Å². The fraction of sp³-hybridized carbons (Fsp3) is 0.200. The maximum Gasteiger partial charge on any atom is 0.0454 e. The average Bonchev–Trinajstić information content (AvgIpc) is 2.30. The van der Waals surface area contributed by atoms with E-state index >= 15 is 0 Å². The highest BCUT2D eigenvalue weighted by atomic mass is 35.5. The van der Waals surface area contributed by atoms with Crippen LogP contribution in [-0.4, -0.2) is 0 Å². The molecule has 0 aliphatic carbocycles. The van der Waals surface area contributed by atoms with Gasteiger partial charge in [0, 0.05) is 11.1 Å². The molecule has 2 heteroatoms. The highest BCUT2D eigenvalue weighted by molar-refractivity contribution is 6.31. The Labute approximate surface area is 107 Å². The lowest BCUT2D eigenvalue weighted by atomic mass is 9.97. The molecule has 0 heterocycles. The molecule has 0 aliphatic heterocycles. The van der Waals surface area contributed by atoms with Crippen LogP contribution < -0.4 is 5.73 Å². The van der Waals surface area contributed by atoms with Gasteiger partial charge in [0.05, 0.1) is 0 Å². The third kappa shape index (κ3) is 2.51. The van der Waals surface area contributed by atoms with E-state index in [9.17, 15) is 0 Å². The van der Waals surface area contributed by atoms with Crippen molar-refractivity contribution < 1.29 is 0 Å². The van der Waals surface area contributed by atoms with Gasteiger partial charge in [-0.15, -0.1) is 0 Å². The summed E-state index contributed by atoms with van der Waals surface area (Å²) in [6, 6.07) is 14.3. The van der Waals surface area contributed by atoms with E-state index in [-0.39, 0.29) is 6.04 Å². The van der Waals surface area contributed by atoms with Crippen LogP contribution in [0.5, 0.6) is 0 Å². The van der Waals surface area contributed by atoms with Crippen molar-refractivity contribution in [2.24, 2.45) is 5.73 Å². The first-order valence-electron chi connectivity index (χ1n) is 5.70. The zero-order valence-electron chi connectivity index (χ0n) is 10.1. The Kier molecular flexibility index (Phi) is 3.51. The van der Waals surface area contributed by atoms with Crippen molar-refractivity contribution in [2.75, 3.05) is 0 Å². The fourth-order valence-corrected chi connectivity index (χ4v) is 2.25. The molecule has 1 unspecified atom stereocenters. The molecule has 17 heavy (non-hydrogen) atoms. The zero-order valence-corrected chi connectivity index (χ0v) is 10.8. The lowest BCUT2D eigenvalue weighted by molar-refractivity contribution is 0.819. The SMILES string of the molecule is Cc1ccccc1-c1ccc(Cl)c(C(C)N)c1. The maximum absolute atomic E-state index is 6.14. The summed E-state index contributed by atoms with van der Waals surface area (Å²) in [5, 5.41) is 0.734. The van der Waals surface area contributed by atoms with Crippen LogP contribution in [0.25, 0.3) is 11.1 Å². The molecule has 2 N–H and O–H groups in total. The molecule has 0 aromatic heterocycles. The molecule has 0 radical (unpaired) electrons. The van der Waals surface area contributed by atoms with Crippen LogP contribution in [0.1, 0.15) is 24.1 Å². The molecule has 0 saturated carbocycles. The van der Waals surface area contributed by atoms with Crippen molar-refractivity contribution in [3.63, 3.8) is 0 Å². The minimum atomic E-state index is -0.0496. The third-order valence-electron chi connectivity index (χ3n) is 2.94. The Hall–Kier alpha value is -1.31. The molecular formula is C15H16ClN. The van der Waals surface area contributed by atoms with Gasteiger partial charge < -0.3 is 5.73 Å². The van der Waals surface area contributed by atoms with Crippen LogP contribution in [-0.2, 0) is 0 Å². The van der Waals surface area contributed by atoms with Gasteiger partial charge in [0.15, 0.2) is 0 Å². The second kappa shape index (κ2) is 4.91. The lowest BCUT2D eigenvalue weighted by Gasteiger charge is -2.12. The molecule has 1 atom stereocenters. The Bertz CT molecular complexity index is 532. The molecule has 88 valence electrons. The monoisotopic (exact) mass is 245 g/mol. The van der Waals surface area contributed by atoms with Crippen molar-refractivity contribution in [1.29, 1.82) is 0 Å². The van der Waals surface area contributed by atoms with Gasteiger partial charge in [-0.25, -0.2) is 0 Å². The second-order valence-corrected chi connectivity index (χ2v) is 4.75. The minimum Gasteiger partial charge on any atom is -0.324 e. The van der Waals surface area contributed by atoms with Gasteiger partial charge >= 0.3 is 0 Å². The van der Waals surface area contributed by atoms with Crippen molar-refractivity contribution in [3.05, 3.63) is 58.6 Å². The van der Waals surface area contributed by atoms with Gasteiger partial charge in [-0.05, 0) is 48.2 Å². The highest BCUT2D eigenvalue weighted by Crippen LogP contribution is 2.29. The number of aryl methyl sites for hydroxylation is 1. The molecule has 0 bridgehead atoms. The first-order chi connectivity index (χ1) is 8.09. The summed E-state index contributed by atoms with van der Waals surface area (Å²) in [6.45, 7) is 4.05. The van der Waals surface area contributed by atoms with Crippen LogP contribution in [0.3, 0.4) is 0 Å². The number of nitrogens with two attached hydrogens (primary N) is 1. The van der Waals surface area contributed by atoms with Crippen LogP contribution in [0.4, 0.5) is 0 Å². The fourth-order valence-electron chi connectivity index (χ4n) is 1.96. The van der Waals surface area contributed by atoms with Crippen LogP contribution in [0.15, 0.2) is 42.5 Å². The Balaban J connectivity index is 2.54. The van der Waals surface area contributed by atoms with Gasteiger partial charge in [-0.2, -0.15) is 0 Å². The topological polar surface area (TPSA) is 26.0 Å². The molecule has 0 spiro atoms. The van der Waals surface area contributed by atoms with E-state index in [2.05, 4.69) is 25.1 Å². The van der Waals surface area contributed by atoms with E-state index in [4.69, 9.17) is 17.3 Å². The molecule has 0 fully saturated rings. The van der Waals surface area contributed by atoms with Gasteiger partial charge in [0.25, 0.3) is 0 Å². The molecule has 0 amide bonds. The number of benzene rings is 2. The van der Waals surface area contributed by atoms with E-state index in [1.807, 2.05) is 31.2 Å². The van der Waals surface area contributed by atoms with Crippen LogP contribution in [0, 0.1) is 6.92 Å². The van der Waals surface area contributed by atoms with E-state index in [0.29, 0.717) is 0 Å². The van der Waals surface area contributed by atoms with Crippen LogP contribution >= 0.6 is 11.6 Å². The average molecular weight is 246 g/mol. The number of rotatable bonds is 2. The van der Waals surface area contributed by atoms with Crippen LogP contribution in [0.2, 0.25) is 5.02 Å². The molecule has 0 aliphatic rings. The highest BCUT2D eigenvalue weighted by Gasteiger charge is 2.08. The Morgan fingerprint density at radius 3 is 2.47 bits per heavy atom.